The lowest BCUT2D eigenvalue weighted by molar-refractivity contribution is 0.297. The first-order valence-electron chi connectivity index (χ1n) is 5.71. The molecule has 0 aliphatic heterocycles. The highest BCUT2D eigenvalue weighted by Gasteiger charge is 2.11. The van der Waals surface area contributed by atoms with Crippen LogP contribution in [0.25, 0.3) is 0 Å². The highest BCUT2D eigenvalue weighted by atomic mass is 35.5. The fourth-order valence-electron chi connectivity index (χ4n) is 1.70. The lowest BCUT2D eigenvalue weighted by atomic mass is 10.2. The molecule has 20 heavy (non-hydrogen) atoms. The number of ether oxygens (including phenoxy) is 2. The van der Waals surface area contributed by atoms with Gasteiger partial charge in [-0.25, -0.2) is 0 Å². The molecule has 106 valence electrons. The van der Waals surface area contributed by atoms with Crippen molar-refractivity contribution in [3.05, 3.63) is 51.0 Å². The Labute approximate surface area is 132 Å². The fourth-order valence-corrected chi connectivity index (χ4v) is 2.62. The van der Waals surface area contributed by atoms with Gasteiger partial charge in [-0.2, -0.15) is 0 Å². The predicted octanol–water partition coefficient (Wildman–Crippen LogP) is 4.82. The van der Waals surface area contributed by atoms with Gasteiger partial charge in [0.05, 0.1) is 17.2 Å². The van der Waals surface area contributed by atoms with E-state index < -0.39 is 0 Å². The largest absolute Gasteiger partial charge is 0.496 e. The molecule has 2 aromatic rings. The van der Waals surface area contributed by atoms with E-state index in [2.05, 4.69) is 0 Å². The van der Waals surface area contributed by atoms with Crippen molar-refractivity contribution in [2.45, 2.75) is 6.61 Å². The Bertz CT molecular complexity index is 609. The third-order valence-electron chi connectivity index (χ3n) is 2.65. The molecule has 0 amide bonds. The number of hydrogen-bond acceptors (Lipinski definition) is 3. The van der Waals surface area contributed by atoms with Gasteiger partial charge in [-0.1, -0.05) is 34.8 Å². The summed E-state index contributed by atoms with van der Waals surface area (Å²) < 4.78 is 10.9. The zero-order chi connectivity index (χ0) is 14.7. The number of hydrogen-bond donors (Lipinski definition) is 1. The third-order valence-corrected chi connectivity index (χ3v) is 3.43. The molecule has 3 nitrogen and oxygen atoms in total. The topological polar surface area (TPSA) is 44.5 Å². The SMILES string of the molecule is COc1cc(N)ccc1COc1c(Cl)cc(Cl)cc1Cl. The molecule has 0 saturated carbocycles. The van der Waals surface area contributed by atoms with E-state index in [1.807, 2.05) is 6.07 Å². The zero-order valence-corrected chi connectivity index (χ0v) is 12.9. The number of anilines is 1. The first kappa shape index (κ1) is 15.1. The van der Waals surface area contributed by atoms with Crippen LogP contribution in [0.1, 0.15) is 5.56 Å². The van der Waals surface area contributed by atoms with Crippen molar-refractivity contribution >= 4 is 40.5 Å². The quantitative estimate of drug-likeness (QED) is 0.817. The molecule has 0 aliphatic rings. The number of nitrogens with two attached hydrogens (primary N) is 1. The first-order chi connectivity index (χ1) is 9.51. The zero-order valence-electron chi connectivity index (χ0n) is 10.6. The minimum atomic E-state index is 0.254. The monoisotopic (exact) mass is 331 g/mol. The standard InChI is InChI=1S/C14H12Cl3NO2/c1-19-13-6-10(18)3-2-8(13)7-20-14-11(16)4-9(15)5-12(14)17/h2-6H,7,18H2,1H3. The molecular formula is C14H12Cl3NO2. The van der Waals surface area contributed by atoms with Crippen LogP contribution in [0.3, 0.4) is 0 Å². The van der Waals surface area contributed by atoms with Gasteiger partial charge in [0, 0.05) is 22.3 Å². The molecule has 0 fully saturated rings. The van der Waals surface area contributed by atoms with E-state index in [0.717, 1.165) is 5.56 Å². The van der Waals surface area contributed by atoms with Gasteiger partial charge in [-0.15, -0.1) is 0 Å². The van der Waals surface area contributed by atoms with Crippen molar-refractivity contribution in [3.63, 3.8) is 0 Å². The van der Waals surface area contributed by atoms with Crippen LogP contribution in [-0.2, 0) is 6.61 Å². The van der Waals surface area contributed by atoms with Crippen molar-refractivity contribution in [3.8, 4) is 11.5 Å². The van der Waals surface area contributed by atoms with E-state index in [0.29, 0.717) is 32.3 Å². The molecule has 2 aromatic carbocycles. The molecule has 0 radical (unpaired) electrons. The number of halogens is 3. The Morgan fingerprint density at radius 3 is 2.30 bits per heavy atom. The van der Waals surface area contributed by atoms with Gasteiger partial charge in [0.25, 0.3) is 0 Å². The lowest BCUT2D eigenvalue weighted by Crippen LogP contribution is -2.00. The molecule has 0 aliphatic carbocycles. The van der Waals surface area contributed by atoms with Gasteiger partial charge >= 0.3 is 0 Å². The number of rotatable bonds is 4. The van der Waals surface area contributed by atoms with E-state index in [9.17, 15) is 0 Å². The van der Waals surface area contributed by atoms with Gasteiger partial charge in [0.1, 0.15) is 12.4 Å². The van der Waals surface area contributed by atoms with Gasteiger partial charge in [0.2, 0.25) is 0 Å². The predicted molar refractivity (Wildman–Crippen MR) is 83.2 cm³/mol. The van der Waals surface area contributed by atoms with Crippen LogP contribution in [-0.4, -0.2) is 7.11 Å². The van der Waals surface area contributed by atoms with Crippen molar-refractivity contribution in [2.24, 2.45) is 0 Å². The lowest BCUT2D eigenvalue weighted by Gasteiger charge is -2.13. The minimum Gasteiger partial charge on any atom is -0.496 e. The molecule has 2 N–H and O–H groups in total. The summed E-state index contributed by atoms with van der Waals surface area (Å²) in [6.45, 7) is 0.254. The molecule has 0 spiro atoms. The summed E-state index contributed by atoms with van der Waals surface area (Å²) in [4.78, 5) is 0. The van der Waals surface area contributed by atoms with Crippen LogP contribution >= 0.6 is 34.8 Å². The number of methoxy groups -OCH3 is 1. The average molecular weight is 333 g/mol. The maximum absolute atomic E-state index is 6.05. The van der Waals surface area contributed by atoms with E-state index in [1.165, 1.54) is 0 Å². The van der Waals surface area contributed by atoms with Gasteiger partial charge < -0.3 is 15.2 Å². The normalized spacial score (nSPS) is 10.4. The number of nitrogen functional groups attached to an aromatic ring is 1. The van der Waals surface area contributed by atoms with Crippen LogP contribution in [0.4, 0.5) is 5.69 Å². The molecule has 0 bridgehead atoms. The second-order valence-electron chi connectivity index (χ2n) is 4.06. The summed E-state index contributed by atoms with van der Waals surface area (Å²) in [6.07, 6.45) is 0. The first-order valence-corrected chi connectivity index (χ1v) is 6.84. The molecule has 0 heterocycles. The molecule has 0 saturated heterocycles. The van der Waals surface area contributed by atoms with Gasteiger partial charge in [-0.3, -0.25) is 0 Å². The second kappa shape index (κ2) is 6.44. The summed E-state index contributed by atoms with van der Waals surface area (Å²) in [7, 11) is 1.57. The summed E-state index contributed by atoms with van der Waals surface area (Å²) in [5, 5.41) is 1.17. The maximum atomic E-state index is 6.05. The molecular weight excluding hydrogens is 321 g/mol. The Hall–Kier alpha value is -1.29. The van der Waals surface area contributed by atoms with Crippen LogP contribution in [0.15, 0.2) is 30.3 Å². The Kier molecular flexibility index (Phi) is 4.86. The summed E-state index contributed by atoms with van der Waals surface area (Å²) >= 11 is 18.0. The van der Waals surface area contributed by atoms with E-state index in [1.54, 1.807) is 31.4 Å². The van der Waals surface area contributed by atoms with E-state index in [4.69, 9.17) is 50.0 Å². The third kappa shape index (κ3) is 3.42. The average Bonchev–Trinajstić information content (AvgIpc) is 2.38. The smallest absolute Gasteiger partial charge is 0.157 e. The van der Waals surface area contributed by atoms with Crippen molar-refractivity contribution < 1.29 is 9.47 Å². The molecule has 0 unspecified atom stereocenters. The summed E-state index contributed by atoms with van der Waals surface area (Å²) in [6, 6.07) is 8.47. The fraction of sp³-hybridized carbons (Fsp3) is 0.143. The Morgan fingerprint density at radius 2 is 1.70 bits per heavy atom. The molecule has 0 atom stereocenters. The van der Waals surface area contributed by atoms with E-state index >= 15 is 0 Å². The van der Waals surface area contributed by atoms with Crippen molar-refractivity contribution in [1.82, 2.24) is 0 Å². The van der Waals surface area contributed by atoms with E-state index in [-0.39, 0.29) is 6.61 Å². The minimum absolute atomic E-state index is 0.254. The van der Waals surface area contributed by atoms with Crippen LogP contribution in [0.2, 0.25) is 15.1 Å². The summed E-state index contributed by atoms with van der Waals surface area (Å²) in [5.41, 5.74) is 7.15. The highest BCUT2D eigenvalue weighted by Crippen LogP contribution is 2.36. The van der Waals surface area contributed by atoms with Crippen LogP contribution < -0.4 is 15.2 Å². The van der Waals surface area contributed by atoms with Crippen molar-refractivity contribution in [2.75, 3.05) is 12.8 Å². The summed E-state index contributed by atoms with van der Waals surface area (Å²) in [5.74, 6) is 1.03. The molecule has 2 rings (SSSR count). The second-order valence-corrected chi connectivity index (χ2v) is 5.31. The van der Waals surface area contributed by atoms with Gasteiger partial charge in [-0.05, 0) is 24.3 Å². The number of benzene rings is 2. The van der Waals surface area contributed by atoms with Gasteiger partial charge in [0.15, 0.2) is 5.75 Å². The molecule has 0 aromatic heterocycles. The molecule has 6 heteroatoms. The van der Waals surface area contributed by atoms with Crippen LogP contribution in [0.5, 0.6) is 11.5 Å². The highest BCUT2D eigenvalue weighted by molar-refractivity contribution is 6.40. The Balaban J connectivity index is 2.21. The van der Waals surface area contributed by atoms with Crippen molar-refractivity contribution in [1.29, 1.82) is 0 Å². The Morgan fingerprint density at radius 1 is 1.05 bits per heavy atom. The maximum Gasteiger partial charge on any atom is 0.157 e. The van der Waals surface area contributed by atoms with Crippen LogP contribution in [0, 0.1) is 0 Å².